The zero-order valence-corrected chi connectivity index (χ0v) is 19.5. The number of ether oxygens (including phenoxy) is 1. The molecule has 0 aliphatic carbocycles. The SMILES string of the molecule is COc1cc(F)ccc1Nc1ncnc2ccc(-c3ccc(C(=O)N4CCN[C@@H](C)C4)cc3)nc12. The Kier molecular flexibility index (Phi) is 6.24. The highest BCUT2D eigenvalue weighted by molar-refractivity contribution is 5.95. The predicted octanol–water partition coefficient (Wildman–Crippen LogP) is 4.02. The number of nitrogens with one attached hydrogen (secondary N) is 2. The van der Waals surface area contributed by atoms with Gasteiger partial charge in [-0.05, 0) is 43.3 Å². The average molecular weight is 473 g/mol. The van der Waals surface area contributed by atoms with E-state index in [1.165, 1.54) is 25.6 Å². The van der Waals surface area contributed by atoms with Crippen LogP contribution >= 0.6 is 0 Å². The molecule has 1 saturated heterocycles. The molecule has 1 aliphatic rings. The largest absolute Gasteiger partial charge is 0.494 e. The van der Waals surface area contributed by atoms with Gasteiger partial charge < -0.3 is 20.3 Å². The number of hydrogen-bond donors (Lipinski definition) is 2. The van der Waals surface area contributed by atoms with Crippen molar-refractivity contribution in [3.05, 3.63) is 72.3 Å². The second-order valence-corrected chi connectivity index (χ2v) is 8.44. The van der Waals surface area contributed by atoms with Crippen LogP contribution in [0.15, 0.2) is 60.9 Å². The van der Waals surface area contributed by atoms with Crippen LogP contribution in [0.4, 0.5) is 15.9 Å². The fourth-order valence-electron chi connectivity index (χ4n) is 4.17. The van der Waals surface area contributed by atoms with Crippen molar-refractivity contribution in [2.24, 2.45) is 0 Å². The zero-order chi connectivity index (χ0) is 24.4. The van der Waals surface area contributed by atoms with Gasteiger partial charge in [-0.25, -0.2) is 19.3 Å². The first-order valence-electron chi connectivity index (χ1n) is 11.4. The molecule has 178 valence electrons. The van der Waals surface area contributed by atoms with E-state index < -0.39 is 5.82 Å². The summed E-state index contributed by atoms with van der Waals surface area (Å²) in [5.74, 6) is 0.465. The molecular formula is C26H25FN6O2. The van der Waals surface area contributed by atoms with Crippen molar-refractivity contribution >= 4 is 28.4 Å². The Morgan fingerprint density at radius 2 is 1.97 bits per heavy atom. The molecule has 4 aromatic rings. The summed E-state index contributed by atoms with van der Waals surface area (Å²) in [6, 6.07) is 15.7. The minimum absolute atomic E-state index is 0.0319. The second kappa shape index (κ2) is 9.63. The second-order valence-electron chi connectivity index (χ2n) is 8.44. The standard InChI is InChI=1S/C26H25FN6O2/c1-16-14-33(12-11-28-16)26(34)18-5-3-17(4-6-18)20-9-10-22-24(31-20)25(30-15-29-22)32-21-8-7-19(27)13-23(21)35-2/h3-10,13,15-16,28H,11-12,14H2,1-2H3,(H,29,30,32)/t16-/m0/s1. The van der Waals surface area contributed by atoms with Crippen LogP contribution in [0.3, 0.4) is 0 Å². The highest BCUT2D eigenvalue weighted by Crippen LogP contribution is 2.30. The number of piperazine rings is 1. The highest BCUT2D eigenvalue weighted by Gasteiger charge is 2.21. The van der Waals surface area contributed by atoms with Gasteiger partial charge in [0.2, 0.25) is 0 Å². The highest BCUT2D eigenvalue weighted by atomic mass is 19.1. The molecule has 0 bridgehead atoms. The number of nitrogens with zero attached hydrogens (tertiary/aromatic N) is 4. The van der Waals surface area contributed by atoms with E-state index in [2.05, 4.69) is 27.5 Å². The predicted molar refractivity (Wildman–Crippen MR) is 132 cm³/mol. The number of benzene rings is 2. The summed E-state index contributed by atoms with van der Waals surface area (Å²) in [5.41, 5.74) is 4.02. The number of fused-ring (bicyclic) bond motifs is 1. The molecule has 1 aliphatic heterocycles. The van der Waals surface area contributed by atoms with Gasteiger partial charge in [-0.15, -0.1) is 0 Å². The van der Waals surface area contributed by atoms with Crippen LogP contribution in [-0.4, -0.2) is 58.5 Å². The Hall–Kier alpha value is -4.11. The number of aromatic nitrogens is 3. The van der Waals surface area contributed by atoms with E-state index in [1.807, 2.05) is 41.3 Å². The smallest absolute Gasteiger partial charge is 0.253 e. The molecule has 5 rings (SSSR count). The first kappa shape index (κ1) is 22.7. The quantitative estimate of drug-likeness (QED) is 0.453. The van der Waals surface area contributed by atoms with Crippen LogP contribution in [0.25, 0.3) is 22.3 Å². The molecule has 9 heteroatoms. The average Bonchev–Trinajstić information content (AvgIpc) is 2.89. The third kappa shape index (κ3) is 4.76. The van der Waals surface area contributed by atoms with Crippen LogP contribution in [0.2, 0.25) is 0 Å². The van der Waals surface area contributed by atoms with Crippen LogP contribution in [0.5, 0.6) is 5.75 Å². The molecule has 2 N–H and O–H groups in total. The summed E-state index contributed by atoms with van der Waals surface area (Å²) in [6.45, 7) is 4.27. The summed E-state index contributed by atoms with van der Waals surface area (Å²) in [6.07, 6.45) is 1.44. The molecular weight excluding hydrogens is 447 g/mol. The lowest BCUT2D eigenvalue weighted by atomic mass is 10.1. The molecule has 0 spiro atoms. The van der Waals surface area contributed by atoms with Gasteiger partial charge in [0.05, 0.1) is 24.0 Å². The van der Waals surface area contributed by atoms with Crippen molar-refractivity contribution in [2.45, 2.75) is 13.0 Å². The molecule has 0 saturated carbocycles. The van der Waals surface area contributed by atoms with Gasteiger partial charge in [-0.3, -0.25) is 4.79 Å². The number of pyridine rings is 1. The van der Waals surface area contributed by atoms with E-state index in [4.69, 9.17) is 9.72 Å². The van der Waals surface area contributed by atoms with E-state index in [0.717, 1.165) is 17.8 Å². The summed E-state index contributed by atoms with van der Waals surface area (Å²) >= 11 is 0. The van der Waals surface area contributed by atoms with Crippen molar-refractivity contribution in [3.63, 3.8) is 0 Å². The normalized spacial score (nSPS) is 15.7. The lowest BCUT2D eigenvalue weighted by molar-refractivity contribution is 0.0709. The number of rotatable bonds is 5. The Balaban J connectivity index is 1.43. The van der Waals surface area contributed by atoms with Crippen LogP contribution in [-0.2, 0) is 0 Å². The van der Waals surface area contributed by atoms with Gasteiger partial charge in [0.1, 0.15) is 23.4 Å². The number of methoxy groups -OCH3 is 1. The number of amides is 1. The number of carbonyl (C=O) groups excluding carboxylic acids is 1. The summed E-state index contributed by atoms with van der Waals surface area (Å²) < 4.78 is 18.9. The first-order chi connectivity index (χ1) is 17.0. The molecule has 0 radical (unpaired) electrons. The first-order valence-corrected chi connectivity index (χ1v) is 11.4. The lowest BCUT2D eigenvalue weighted by Gasteiger charge is -2.32. The van der Waals surface area contributed by atoms with Gasteiger partial charge in [0.25, 0.3) is 5.91 Å². The van der Waals surface area contributed by atoms with Crippen LogP contribution in [0.1, 0.15) is 17.3 Å². The molecule has 1 atom stereocenters. The number of hydrogen-bond acceptors (Lipinski definition) is 7. The molecule has 1 amide bonds. The van der Waals surface area contributed by atoms with Crippen molar-refractivity contribution in [1.82, 2.24) is 25.2 Å². The van der Waals surface area contributed by atoms with E-state index in [0.29, 0.717) is 46.9 Å². The minimum atomic E-state index is -0.395. The Bertz CT molecular complexity index is 1380. The number of carbonyl (C=O) groups is 1. The van der Waals surface area contributed by atoms with Crippen LogP contribution < -0.4 is 15.4 Å². The third-order valence-corrected chi connectivity index (χ3v) is 5.98. The maximum absolute atomic E-state index is 13.6. The monoisotopic (exact) mass is 472 g/mol. The summed E-state index contributed by atoms with van der Waals surface area (Å²) in [5, 5.41) is 6.53. The minimum Gasteiger partial charge on any atom is -0.494 e. The van der Waals surface area contributed by atoms with Crippen molar-refractivity contribution in [2.75, 3.05) is 32.1 Å². The van der Waals surface area contributed by atoms with E-state index in [-0.39, 0.29) is 11.9 Å². The molecule has 35 heavy (non-hydrogen) atoms. The van der Waals surface area contributed by atoms with Crippen molar-refractivity contribution in [3.8, 4) is 17.0 Å². The summed E-state index contributed by atoms with van der Waals surface area (Å²) in [4.78, 5) is 28.2. The van der Waals surface area contributed by atoms with Gasteiger partial charge in [0, 0.05) is 42.9 Å². The van der Waals surface area contributed by atoms with E-state index >= 15 is 0 Å². The maximum Gasteiger partial charge on any atom is 0.253 e. The maximum atomic E-state index is 13.6. The topological polar surface area (TPSA) is 92.3 Å². The Labute approximate surface area is 202 Å². The fourth-order valence-corrected chi connectivity index (χ4v) is 4.17. The number of halogens is 1. The van der Waals surface area contributed by atoms with Gasteiger partial charge >= 0.3 is 0 Å². The van der Waals surface area contributed by atoms with Gasteiger partial charge in [-0.2, -0.15) is 0 Å². The van der Waals surface area contributed by atoms with Crippen molar-refractivity contribution < 1.29 is 13.9 Å². The molecule has 2 aromatic heterocycles. The molecule has 0 unspecified atom stereocenters. The molecule has 2 aromatic carbocycles. The molecule has 8 nitrogen and oxygen atoms in total. The van der Waals surface area contributed by atoms with E-state index in [1.54, 1.807) is 6.07 Å². The third-order valence-electron chi connectivity index (χ3n) is 5.98. The van der Waals surface area contributed by atoms with Crippen LogP contribution in [0, 0.1) is 5.82 Å². The lowest BCUT2D eigenvalue weighted by Crippen LogP contribution is -2.51. The van der Waals surface area contributed by atoms with Gasteiger partial charge in [0.15, 0.2) is 5.82 Å². The molecule has 1 fully saturated rings. The Morgan fingerprint density at radius 1 is 1.14 bits per heavy atom. The summed E-state index contributed by atoms with van der Waals surface area (Å²) in [7, 11) is 1.48. The van der Waals surface area contributed by atoms with E-state index in [9.17, 15) is 9.18 Å². The zero-order valence-electron chi connectivity index (χ0n) is 19.5. The molecule has 3 heterocycles. The van der Waals surface area contributed by atoms with Gasteiger partial charge in [-0.1, -0.05) is 12.1 Å². The Morgan fingerprint density at radius 3 is 2.74 bits per heavy atom. The number of anilines is 2. The van der Waals surface area contributed by atoms with Crippen molar-refractivity contribution in [1.29, 1.82) is 0 Å². The fraction of sp³-hybridized carbons (Fsp3) is 0.231.